The van der Waals surface area contributed by atoms with E-state index >= 15 is 0 Å². The number of benzene rings is 1. The summed E-state index contributed by atoms with van der Waals surface area (Å²) >= 11 is 0. The van der Waals surface area contributed by atoms with Gasteiger partial charge in [-0.3, -0.25) is 9.78 Å². The topological polar surface area (TPSA) is 106 Å². The predicted octanol–water partition coefficient (Wildman–Crippen LogP) is 7.25. The van der Waals surface area contributed by atoms with Gasteiger partial charge in [0.15, 0.2) is 0 Å². The van der Waals surface area contributed by atoms with Gasteiger partial charge in [-0.25, -0.2) is 9.59 Å². The number of carboxylic acids is 1. The first-order chi connectivity index (χ1) is 18.4. The number of carbonyl (C=O) groups is 3. The fourth-order valence-corrected chi connectivity index (χ4v) is 3.96. The number of carboxylic acid groups (broad SMARTS) is 1. The predicted molar refractivity (Wildman–Crippen MR) is 152 cm³/mol. The Morgan fingerprint density at radius 1 is 0.816 bits per heavy atom. The maximum Gasteiger partial charge on any atom is 0.339 e. The number of hydrogen-bond acceptors (Lipinski definition) is 5. The number of carbonyl (C=O) groups excluding carboxylic acids is 2. The molecule has 7 nitrogen and oxygen atoms in total. The summed E-state index contributed by atoms with van der Waals surface area (Å²) in [7, 11) is 1.58. The van der Waals surface area contributed by atoms with Crippen molar-refractivity contribution in [3.63, 3.8) is 0 Å². The standard InChI is InChI=1S/C24H38O4.C7H8N2O/c1-3-5-7-9-11-13-15-20-16-17-21(23(25)26)22(19-20)24(27)28-18-14-12-10-8-6-4-2;1-8-7(10)6-4-2-3-5-9-6/h16-17,19H,3-15,18H2,1-2H3,(H,25,26);2-5H,1H3,(H,8,10). The highest BCUT2D eigenvalue weighted by Gasteiger charge is 2.18. The Labute approximate surface area is 228 Å². The van der Waals surface area contributed by atoms with E-state index in [1.165, 1.54) is 57.4 Å². The molecule has 0 spiro atoms. The second kappa shape index (κ2) is 20.8. The van der Waals surface area contributed by atoms with E-state index in [1.54, 1.807) is 37.5 Å². The number of aromatic nitrogens is 1. The summed E-state index contributed by atoms with van der Waals surface area (Å²) in [6, 6.07) is 10.3. The monoisotopic (exact) mass is 526 g/mol. The van der Waals surface area contributed by atoms with Gasteiger partial charge in [-0.2, -0.15) is 0 Å². The average molecular weight is 527 g/mol. The maximum atomic E-state index is 12.4. The summed E-state index contributed by atoms with van der Waals surface area (Å²) in [6.07, 6.45) is 16.4. The van der Waals surface area contributed by atoms with Gasteiger partial charge in [0, 0.05) is 13.2 Å². The molecule has 0 aliphatic carbocycles. The molecule has 1 amide bonds. The molecule has 2 rings (SSSR count). The number of unbranched alkanes of at least 4 members (excludes halogenated alkanes) is 10. The highest BCUT2D eigenvalue weighted by atomic mass is 16.5. The molecule has 0 saturated carbocycles. The molecule has 1 aromatic heterocycles. The molecule has 0 unspecified atom stereocenters. The molecule has 1 heterocycles. The van der Waals surface area contributed by atoms with Crippen molar-refractivity contribution in [1.29, 1.82) is 0 Å². The van der Waals surface area contributed by atoms with Crippen LogP contribution in [-0.4, -0.2) is 41.6 Å². The van der Waals surface area contributed by atoms with E-state index in [9.17, 15) is 19.5 Å². The molecule has 0 aliphatic rings. The van der Waals surface area contributed by atoms with E-state index in [0.717, 1.165) is 37.7 Å². The van der Waals surface area contributed by atoms with Gasteiger partial charge in [-0.1, -0.05) is 90.2 Å². The lowest BCUT2D eigenvalue weighted by Gasteiger charge is -2.10. The molecule has 0 fully saturated rings. The van der Waals surface area contributed by atoms with Gasteiger partial charge in [0.25, 0.3) is 5.91 Å². The van der Waals surface area contributed by atoms with Crippen LogP contribution in [0.5, 0.6) is 0 Å². The maximum absolute atomic E-state index is 12.4. The fraction of sp³-hybridized carbons (Fsp3) is 0.548. The van der Waals surface area contributed by atoms with E-state index in [4.69, 9.17) is 4.74 Å². The molecule has 1 aromatic carbocycles. The van der Waals surface area contributed by atoms with E-state index in [2.05, 4.69) is 24.1 Å². The Morgan fingerprint density at radius 3 is 2.03 bits per heavy atom. The minimum absolute atomic E-state index is 0.0274. The van der Waals surface area contributed by atoms with Crippen molar-refractivity contribution in [2.75, 3.05) is 13.7 Å². The van der Waals surface area contributed by atoms with Crippen molar-refractivity contribution in [1.82, 2.24) is 10.3 Å². The number of aromatic carboxylic acids is 1. The van der Waals surface area contributed by atoms with Crippen LogP contribution < -0.4 is 5.32 Å². The molecule has 0 bridgehead atoms. The van der Waals surface area contributed by atoms with Crippen molar-refractivity contribution >= 4 is 17.8 Å². The van der Waals surface area contributed by atoms with Crippen molar-refractivity contribution in [3.05, 3.63) is 65.0 Å². The van der Waals surface area contributed by atoms with Gasteiger partial charge >= 0.3 is 11.9 Å². The second-order valence-electron chi connectivity index (χ2n) is 9.40. The number of nitrogens with one attached hydrogen (secondary N) is 1. The molecule has 210 valence electrons. The third kappa shape index (κ3) is 13.9. The van der Waals surface area contributed by atoms with Gasteiger partial charge in [-0.15, -0.1) is 0 Å². The van der Waals surface area contributed by atoms with Crippen LogP contribution in [0.15, 0.2) is 42.6 Å². The largest absolute Gasteiger partial charge is 0.478 e. The number of amides is 1. The normalized spacial score (nSPS) is 10.3. The van der Waals surface area contributed by atoms with Gasteiger partial charge in [0.1, 0.15) is 5.69 Å². The highest BCUT2D eigenvalue weighted by Crippen LogP contribution is 2.17. The van der Waals surface area contributed by atoms with Gasteiger partial charge in [0.05, 0.1) is 17.7 Å². The number of rotatable bonds is 17. The van der Waals surface area contributed by atoms with E-state index in [0.29, 0.717) is 12.3 Å². The molecule has 2 N–H and O–H groups in total. The quantitative estimate of drug-likeness (QED) is 0.166. The Kier molecular flexibility index (Phi) is 18.0. The van der Waals surface area contributed by atoms with Crippen LogP contribution in [0.3, 0.4) is 0 Å². The molecule has 0 radical (unpaired) electrons. The zero-order valence-corrected chi connectivity index (χ0v) is 23.5. The van der Waals surface area contributed by atoms with Crippen LogP contribution in [0.2, 0.25) is 0 Å². The average Bonchev–Trinajstić information content (AvgIpc) is 2.94. The Morgan fingerprint density at radius 2 is 1.45 bits per heavy atom. The highest BCUT2D eigenvalue weighted by molar-refractivity contribution is 6.02. The minimum Gasteiger partial charge on any atom is -0.478 e. The number of pyridine rings is 1. The van der Waals surface area contributed by atoms with E-state index in [-0.39, 0.29) is 17.0 Å². The lowest BCUT2D eigenvalue weighted by molar-refractivity contribution is 0.0487. The van der Waals surface area contributed by atoms with Gasteiger partial charge in [0.2, 0.25) is 0 Å². The zero-order chi connectivity index (χ0) is 28.0. The summed E-state index contributed by atoms with van der Waals surface area (Å²) in [5.41, 5.74) is 1.67. The van der Waals surface area contributed by atoms with Crippen LogP contribution in [0.4, 0.5) is 0 Å². The Bertz CT molecular complexity index is 947. The molecule has 0 saturated heterocycles. The first kappa shape index (κ1) is 32.8. The Balaban J connectivity index is 0.000000600. The number of ether oxygens (including phenoxy) is 1. The molecule has 0 aliphatic heterocycles. The zero-order valence-electron chi connectivity index (χ0n) is 23.5. The van der Waals surface area contributed by atoms with E-state index < -0.39 is 11.9 Å². The first-order valence-corrected chi connectivity index (χ1v) is 14.1. The third-order valence-corrected chi connectivity index (χ3v) is 6.21. The Hall–Kier alpha value is -3.22. The smallest absolute Gasteiger partial charge is 0.339 e. The summed E-state index contributed by atoms with van der Waals surface area (Å²) < 4.78 is 5.35. The minimum atomic E-state index is -1.09. The van der Waals surface area contributed by atoms with Crippen molar-refractivity contribution in [2.24, 2.45) is 0 Å². The summed E-state index contributed by atoms with van der Waals surface area (Å²) in [5.74, 6) is -1.76. The lowest BCUT2D eigenvalue weighted by atomic mass is 9.99. The van der Waals surface area contributed by atoms with Crippen molar-refractivity contribution < 1.29 is 24.2 Å². The molecule has 7 heteroatoms. The number of nitrogens with zero attached hydrogens (tertiary/aromatic N) is 1. The second-order valence-corrected chi connectivity index (χ2v) is 9.40. The van der Waals surface area contributed by atoms with Crippen molar-refractivity contribution in [3.8, 4) is 0 Å². The molecule has 38 heavy (non-hydrogen) atoms. The van der Waals surface area contributed by atoms with Crippen molar-refractivity contribution in [2.45, 2.75) is 97.3 Å². The first-order valence-electron chi connectivity index (χ1n) is 14.1. The SMILES string of the molecule is CCCCCCCCOC(=O)c1cc(CCCCCCCC)ccc1C(=O)O.CNC(=O)c1ccccn1. The van der Waals surface area contributed by atoms with Crippen LogP contribution in [0.25, 0.3) is 0 Å². The molecular weight excluding hydrogens is 480 g/mol. The van der Waals surface area contributed by atoms with Crippen LogP contribution in [-0.2, 0) is 11.2 Å². The van der Waals surface area contributed by atoms with Gasteiger partial charge < -0.3 is 15.2 Å². The molecule has 0 atom stereocenters. The summed E-state index contributed by atoms with van der Waals surface area (Å²) in [6.45, 7) is 4.74. The van der Waals surface area contributed by atoms with E-state index in [1.807, 2.05) is 6.07 Å². The van der Waals surface area contributed by atoms with Crippen LogP contribution >= 0.6 is 0 Å². The molecule has 2 aromatic rings. The number of hydrogen-bond donors (Lipinski definition) is 2. The summed E-state index contributed by atoms with van der Waals surface area (Å²) in [5, 5.41) is 11.9. The third-order valence-electron chi connectivity index (χ3n) is 6.21. The lowest BCUT2D eigenvalue weighted by Crippen LogP contribution is -2.18. The van der Waals surface area contributed by atoms with Crippen LogP contribution in [0, 0.1) is 0 Å². The van der Waals surface area contributed by atoms with Crippen LogP contribution in [0.1, 0.15) is 128 Å². The number of aryl methyl sites for hydroxylation is 1. The van der Waals surface area contributed by atoms with Gasteiger partial charge in [-0.05, 0) is 49.1 Å². The number of esters is 1. The molecular formula is C31H46N2O5. The summed E-state index contributed by atoms with van der Waals surface area (Å²) in [4.78, 5) is 38.6. The fourth-order valence-electron chi connectivity index (χ4n) is 3.96.